The van der Waals surface area contributed by atoms with Crippen LogP contribution >= 0.6 is 11.7 Å². The minimum Gasteiger partial charge on any atom is -0.351 e. The Morgan fingerprint density at radius 2 is 1.96 bits per heavy atom. The third-order valence-corrected chi connectivity index (χ3v) is 5.66. The van der Waals surface area contributed by atoms with E-state index in [0.717, 1.165) is 22.9 Å². The van der Waals surface area contributed by atoms with Gasteiger partial charge in [-0.2, -0.15) is 8.75 Å². The summed E-state index contributed by atoms with van der Waals surface area (Å²) in [6.45, 7) is 2.25. The number of aromatic nitrogens is 2. The standard InChI is InChI=1S/C16H15N3O3S2/c1-11-4-2-5-12(8-11)9-17-15(20)10-24(21,22)14-7-3-6-13-16(14)19-23-18-13/h2-8H,9-10H2,1H3,(H,17,20). The molecule has 3 rings (SSSR count). The van der Waals surface area contributed by atoms with E-state index in [9.17, 15) is 13.2 Å². The van der Waals surface area contributed by atoms with E-state index in [1.807, 2.05) is 31.2 Å². The lowest BCUT2D eigenvalue weighted by molar-refractivity contribution is -0.118. The lowest BCUT2D eigenvalue weighted by Gasteiger charge is -2.07. The van der Waals surface area contributed by atoms with Gasteiger partial charge in [0.15, 0.2) is 9.84 Å². The van der Waals surface area contributed by atoms with Crippen molar-refractivity contribution in [3.63, 3.8) is 0 Å². The number of hydrogen-bond acceptors (Lipinski definition) is 6. The van der Waals surface area contributed by atoms with Gasteiger partial charge in [-0.05, 0) is 24.6 Å². The zero-order valence-electron chi connectivity index (χ0n) is 12.9. The fraction of sp³-hybridized carbons (Fsp3) is 0.188. The number of fused-ring (bicyclic) bond motifs is 1. The molecular weight excluding hydrogens is 346 g/mol. The second kappa shape index (κ2) is 6.66. The van der Waals surface area contributed by atoms with Crippen LogP contribution in [-0.2, 0) is 21.2 Å². The van der Waals surface area contributed by atoms with Crippen LogP contribution in [0.2, 0.25) is 0 Å². The first-order chi connectivity index (χ1) is 11.5. The first-order valence-electron chi connectivity index (χ1n) is 7.22. The lowest BCUT2D eigenvalue weighted by atomic mass is 10.1. The zero-order valence-corrected chi connectivity index (χ0v) is 14.5. The molecule has 2 aromatic carbocycles. The molecule has 0 unspecified atom stereocenters. The summed E-state index contributed by atoms with van der Waals surface area (Å²) < 4.78 is 33.0. The number of hydrogen-bond donors (Lipinski definition) is 1. The smallest absolute Gasteiger partial charge is 0.235 e. The SMILES string of the molecule is Cc1cccc(CNC(=O)CS(=O)(=O)c2cccc3nsnc23)c1. The number of rotatable bonds is 5. The third-order valence-electron chi connectivity index (χ3n) is 3.48. The van der Waals surface area contributed by atoms with Gasteiger partial charge in [0.2, 0.25) is 5.91 Å². The largest absolute Gasteiger partial charge is 0.351 e. The van der Waals surface area contributed by atoms with Crippen LogP contribution in [0.4, 0.5) is 0 Å². The molecule has 0 aliphatic carbocycles. The lowest BCUT2D eigenvalue weighted by Crippen LogP contribution is -2.30. The molecule has 1 amide bonds. The Balaban J connectivity index is 1.72. The highest BCUT2D eigenvalue weighted by Crippen LogP contribution is 2.22. The molecule has 0 atom stereocenters. The van der Waals surface area contributed by atoms with Crippen molar-refractivity contribution in [2.75, 3.05) is 5.75 Å². The Hall–Kier alpha value is -2.32. The molecule has 0 aliphatic heterocycles. The van der Waals surface area contributed by atoms with Gasteiger partial charge in [-0.3, -0.25) is 4.79 Å². The van der Waals surface area contributed by atoms with Crippen molar-refractivity contribution in [3.05, 3.63) is 53.6 Å². The highest BCUT2D eigenvalue weighted by molar-refractivity contribution is 7.92. The molecule has 24 heavy (non-hydrogen) atoms. The summed E-state index contributed by atoms with van der Waals surface area (Å²) in [4.78, 5) is 12.1. The quantitative estimate of drug-likeness (QED) is 0.752. The highest BCUT2D eigenvalue weighted by atomic mass is 32.2. The number of carbonyl (C=O) groups is 1. The number of carbonyl (C=O) groups excluding carboxylic acids is 1. The molecule has 1 heterocycles. The minimum absolute atomic E-state index is 0.0412. The summed E-state index contributed by atoms with van der Waals surface area (Å²) >= 11 is 0.946. The number of amides is 1. The Morgan fingerprint density at radius 3 is 2.75 bits per heavy atom. The Morgan fingerprint density at radius 1 is 1.17 bits per heavy atom. The van der Waals surface area contributed by atoms with E-state index in [1.54, 1.807) is 12.1 Å². The summed E-state index contributed by atoms with van der Waals surface area (Å²) in [5.74, 6) is -1.16. The summed E-state index contributed by atoms with van der Waals surface area (Å²) in [6.07, 6.45) is 0. The Labute approximate surface area is 143 Å². The highest BCUT2D eigenvalue weighted by Gasteiger charge is 2.23. The average Bonchev–Trinajstić information content (AvgIpc) is 3.01. The molecule has 0 bridgehead atoms. The van der Waals surface area contributed by atoms with Gasteiger partial charge in [-0.25, -0.2) is 8.42 Å². The first-order valence-corrected chi connectivity index (χ1v) is 9.60. The van der Waals surface area contributed by atoms with Crippen molar-refractivity contribution in [2.45, 2.75) is 18.4 Å². The molecule has 0 saturated heterocycles. The average molecular weight is 361 g/mol. The van der Waals surface area contributed by atoms with Gasteiger partial charge in [0.05, 0.1) is 16.6 Å². The molecule has 3 aromatic rings. The molecular formula is C16H15N3O3S2. The van der Waals surface area contributed by atoms with E-state index in [2.05, 4.69) is 14.1 Å². The normalized spacial score (nSPS) is 11.5. The van der Waals surface area contributed by atoms with Crippen LogP contribution in [0.1, 0.15) is 11.1 Å². The van der Waals surface area contributed by atoms with Gasteiger partial charge >= 0.3 is 0 Å². The predicted octanol–water partition coefficient (Wildman–Crippen LogP) is 2.09. The zero-order chi connectivity index (χ0) is 17.2. The van der Waals surface area contributed by atoms with Crippen molar-refractivity contribution < 1.29 is 13.2 Å². The molecule has 8 heteroatoms. The van der Waals surface area contributed by atoms with Crippen LogP contribution in [0.5, 0.6) is 0 Å². The van der Waals surface area contributed by atoms with Crippen molar-refractivity contribution >= 4 is 38.5 Å². The molecule has 0 saturated carbocycles. The Bertz CT molecular complexity index is 996. The molecule has 1 N–H and O–H groups in total. The third kappa shape index (κ3) is 3.60. The molecule has 1 aromatic heterocycles. The van der Waals surface area contributed by atoms with Crippen molar-refractivity contribution in [1.29, 1.82) is 0 Å². The minimum atomic E-state index is -3.78. The maximum atomic E-state index is 12.5. The van der Waals surface area contributed by atoms with E-state index in [0.29, 0.717) is 17.6 Å². The second-order valence-electron chi connectivity index (χ2n) is 5.41. The van der Waals surface area contributed by atoms with Crippen molar-refractivity contribution in [3.8, 4) is 0 Å². The van der Waals surface area contributed by atoms with Crippen molar-refractivity contribution in [2.24, 2.45) is 0 Å². The van der Waals surface area contributed by atoms with Gasteiger partial charge in [0.25, 0.3) is 0 Å². The first kappa shape index (κ1) is 16.5. The molecule has 0 radical (unpaired) electrons. The van der Waals surface area contributed by atoms with Gasteiger partial charge in [0.1, 0.15) is 16.8 Å². The molecule has 0 spiro atoms. The number of nitrogens with zero attached hydrogens (tertiary/aromatic N) is 2. The van der Waals surface area contributed by atoms with Crippen LogP contribution in [0, 0.1) is 6.92 Å². The van der Waals surface area contributed by atoms with Gasteiger partial charge < -0.3 is 5.32 Å². The maximum Gasteiger partial charge on any atom is 0.235 e. The fourth-order valence-corrected chi connectivity index (χ4v) is 4.30. The monoisotopic (exact) mass is 361 g/mol. The van der Waals surface area contributed by atoms with E-state index < -0.39 is 21.5 Å². The maximum absolute atomic E-state index is 12.5. The van der Waals surface area contributed by atoms with E-state index >= 15 is 0 Å². The van der Waals surface area contributed by atoms with Crippen LogP contribution in [0.15, 0.2) is 47.4 Å². The van der Waals surface area contributed by atoms with Crippen LogP contribution in [-0.4, -0.2) is 28.8 Å². The number of benzene rings is 2. The van der Waals surface area contributed by atoms with Crippen molar-refractivity contribution in [1.82, 2.24) is 14.1 Å². The summed E-state index contributed by atoms with van der Waals surface area (Å²) in [7, 11) is -3.78. The van der Waals surface area contributed by atoms with Gasteiger partial charge in [-0.1, -0.05) is 35.9 Å². The fourth-order valence-electron chi connectivity index (χ4n) is 2.36. The van der Waals surface area contributed by atoms with Gasteiger partial charge in [-0.15, -0.1) is 0 Å². The molecule has 6 nitrogen and oxygen atoms in total. The summed E-state index contributed by atoms with van der Waals surface area (Å²) in [5.41, 5.74) is 2.83. The Kier molecular flexibility index (Phi) is 4.59. The van der Waals surface area contributed by atoms with E-state index in [4.69, 9.17) is 0 Å². The second-order valence-corrected chi connectivity index (χ2v) is 7.90. The number of aryl methyl sites for hydroxylation is 1. The van der Waals surface area contributed by atoms with Crippen LogP contribution in [0.3, 0.4) is 0 Å². The van der Waals surface area contributed by atoms with E-state index in [1.165, 1.54) is 6.07 Å². The van der Waals surface area contributed by atoms with E-state index in [-0.39, 0.29) is 4.90 Å². The van der Waals surface area contributed by atoms with Crippen LogP contribution in [0.25, 0.3) is 11.0 Å². The topological polar surface area (TPSA) is 89.0 Å². The summed E-state index contributed by atoms with van der Waals surface area (Å²) in [5, 5.41) is 2.64. The van der Waals surface area contributed by atoms with Crippen LogP contribution < -0.4 is 5.32 Å². The molecule has 124 valence electrons. The molecule has 0 fully saturated rings. The van der Waals surface area contributed by atoms with Gasteiger partial charge in [0, 0.05) is 6.54 Å². The predicted molar refractivity (Wildman–Crippen MR) is 92.5 cm³/mol. The number of nitrogens with one attached hydrogen (secondary N) is 1. The molecule has 0 aliphatic rings. The summed E-state index contributed by atoms with van der Waals surface area (Å²) in [6, 6.07) is 12.4. The number of sulfone groups is 1.